The molecule has 1 atom stereocenters. The fourth-order valence-electron chi connectivity index (χ4n) is 4.06. The largest absolute Gasteiger partial charge is 0.493 e. The molecule has 1 amide bonds. The van der Waals surface area contributed by atoms with Gasteiger partial charge in [0, 0.05) is 17.3 Å². The van der Waals surface area contributed by atoms with E-state index in [1.54, 1.807) is 36.3 Å². The molecule has 0 saturated heterocycles. The molecule has 8 heteroatoms. The van der Waals surface area contributed by atoms with Crippen LogP contribution in [0.3, 0.4) is 0 Å². The zero-order valence-electron chi connectivity index (χ0n) is 17.0. The molecule has 160 valence electrons. The SMILES string of the molecule is COc1ccc(N2Cc3ccc(C(C)S(=O)(=O)O)cc3C2=O)cc1OC1CCCC1. The van der Waals surface area contributed by atoms with Gasteiger partial charge in [-0.25, -0.2) is 0 Å². The van der Waals surface area contributed by atoms with E-state index < -0.39 is 15.4 Å². The van der Waals surface area contributed by atoms with Gasteiger partial charge in [-0.2, -0.15) is 8.42 Å². The molecule has 2 aromatic carbocycles. The number of amides is 1. The van der Waals surface area contributed by atoms with E-state index in [4.69, 9.17) is 9.47 Å². The number of ether oxygens (including phenoxy) is 2. The Morgan fingerprint density at radius 3 is 2.50 bits per heavy atom. The summed E-state index contributed by atoms with van der Waals surface area (Å²) < 4.78 is 43.8. The summed E-state index contributed by atoms with van der Waals surface area (Å²) >= 11 is 0. The quantitative estimate of drug-likeness (QED) is 0.692. The van der Waals surface area contributed by atoms with Crippen LogP contribution >= 0.6 is 0 Å². The number of anilines is 1. The molecule has 0 bridgehead atoms. The topological polar surface area (TPSA) is 93.1 Å². The molecule has 1 saturated carbocycles. The second-order valence-corrected chi connectivity index (χ2v) is 9.56. The maximum atomic E-state index is 13.1. The second kappa shape index (κ2) is 7.92. The van der Waals surface area contributed by atoms with Gasteiger partial charge >= 0.3 is 0 Å². The average molecular weight is 432 g/mol. The minimum absolute atomic E-state index is 0.158. The molecule has 2 aromatic rings. The fraction of sp³-hybridized carbons (Fsp3) is 0.409. The van der Waals surface area contributed by atoms with E-state index in [0.29, 0.717) is 34.9 Å². The van der Waals surface area contributed by atoms with Crippen LogP contribution in [-0.4, -0.2) is 32.1 Å². The van der Waals surface area contributed by atoms with Crippen molar-refractivity contribution in [1.29, 1.82) is 0 Å². The number of hydrogen-bond donors (Lipinski definition) is 1. The van der Waals surface area contributed by atoms with Gasteiger partial charge in [0.25, 0.3) is 16.0 Å². The van der Waals surface area contributed by atoms with Crippen LogP contribution in [0.25, 0.3) is 0 Å². The van der Waals surface area contributed by atoms with Crippen molar-refractivity contribution in [1.82, 2.24) is 0 Å². The highest BCUT2D eigenvalue weighted by Gasteiger charge is 2.31. The van der Waals surface area contributed by atoms with Gasteiger partial charge < -0.3 is 14.4 Å². The molecule has 0 radical (unpaired) electrons. The van der Waals surface area contributed by atoms with E-state index in [2.05, 4.69) is 0 Å². The fourth-order valence-corrected chi connectivity index (χ4v) is 4.55. The Labute approximate surface area is 176 Å². The highest BCUT2D eigenvalue weighted by molar-refractivity contribution is 7.86. The third-order valence-corrected chi connectivity index (χ3v) is 7.07. The molecular weight excluding hydrogens is 406 g/mol. The first kappa shape index (κ1) is 20.7. The van der Waals surface area contributed by atoms with Gasteiger partial charge in [0.2, 0.25) is 0 Å². The highest BCUT2D eigenvalue weighted by atomic mass is 32.2. The second-order valence-electron chi connectivity index (χ2n) is 7.82. The zero-order chi connectivity index (χ0) is 21.5. The van der Waals surface area contributed by atoms with Crippen LogP contribution < -0.4 is 14.4 Å². The van der Waals surface area contributed by atoms with Crippen molar-refractivity contribution >= 4 is 21.7 Å². The van der Waals surface area contributed by atoms with Crippen LogP contribution in [0.5, 0.6) is 11.5 Å². The molecular formula is C22H25NO6S. The van der Waals surface area contributed by atoms with E-state index in [-0.39, 0.29) is 12.0 Å². The minimum atomic E-state index is -4.24. The van der Waals surface area contributed by atoms with Crippen LogP contribution in [0.4, 0.5) is 5.69 Å². The summed E-state index contributed by atoms with van der Waals surface area (Å²) in [5.41, 5.74) is 2.32. The Hall–Kier alpha value is -2.58. The van der Waals surface area contributed by atoms with Crippen molar-refractivity contribution in [3.05, 3.63) is 53.1 Å². The molecule has 1 N–H and O–H groups in total. The van der Waals surface area contributed by atoms with Gasteiger partial charge in [-0.3, -0.25) is 9.35 Å². The lowest BCUT2D eigenvalue weighted by Gasteiger charge is -2.20. The molecule has 1 heterocycles. The summed E-state index contributed by atoms with van der Waals surface area (Å²) in [4.78, 5) is 14.7. The van der Waals surface area contributed by atoms with E-state index in [1.807, 2.05) is 12.1 Å². The monoisotopic (exact) mass is 431 g/mol. The Morgan fingerprint density at radius 1 is 1.10 bits per heavy atom. The molecule has 1 aliphatic carbocycles. The first-order valence-electron chi connectivity index (χ1n) is 10.0. The third kappa shape index (κ3) is 3.89. The van der Waals surface area contributed by atoms with Crippen LogP contribution in [0.2, 0.25) is 0 Å². The minimum Gasteiger partial charge on any atom is -0.493 e. The van der Waals surface area contributed by atoms with Gasteiger partial charge in [0.1, 0.15) is 5.25 Å². The lowest BCUT2D eigenvalue weighted by atomic mass is 10.0. The Balaban J connectivity index is 1.62. The van der Waals surface area contributed by atoms with Gasteiger partial charge in [-0.1, -0.05) is 12.1 Å². The van der Waals surface area contributed by atoms with E-state index in [1.165, 1.54) is 6.92 Å². The summed E-state index contributed by atoms with van der Waals surface area (Å²) in [5, 5.41) is -1.10. The number of fused-ring (bicyclic) bond motifs is 1. The zero-order valence-corrected chi connectivity index (χ0v) is 17.8. The van der Waals surface area contributed by atoms with Crippen LogP contribution in [0.1, 0.15) is 59.3 Å². The molecule has 30 heavy (non-hydrogen) atoms. The lowest BCUT2D eigenvalue weighted by Crippen LogP contribution is -2.23. The van der Waals surface area contributed by atoms with E-state index in [9.17, 15) is 17.8 Å². The summed E-state index contributed by atoms with van der Waals surface area (Å²) in [6, 6.07) is 10.4. The van der Waals surface area contributed by atoms with Gasteiger partial charge in [0.05, 0.1) is 19.8 Å². The average Bonchev–Trinajstić information content (AvgIpc) is 3.34. The van der Waals surface area contributed by atoms with Crippen LogP contribution in [-0.2, 0) is 16.7 Å². The number of hydrogen-bond acceptors (Lipinski definition) is 5. The van der Waals surface area contributed by atoms with Crippen molar-refractivity contribution in [3.63, 3.8) is 0 Å². The smallest absolute Gasteiger partial charge is 0.271 e. The standard InChI is InChI=1S/C22H25NO6S/c1-14(30(25,26)27)15-7-8-16-13-23(22(24)19(16)11-15)17-9-10-20(28-2)21(12-17)29-18-5-3-4-6-18/h7-12,14,18H,3-6,13H2,1-2H3,(H,25,26,27). The van der Waals surface area contributed by atoms with Gasteiger partial charge in [0.15, 0.2) is 11.5 Å². The highest BCUT2D eigenvalue weighted by Crippen LogP contribution is 2.38. The molecule has 0 spiro atoms. The number of methoxy groups -OCH3 is 1. The molecule has 2 aliphatic rings. The Morgan fingerprint density at radius 2 is 1.83 bits per heavy atom. The number of carbonyl (C=O) groups is 1. The van der Waals surface area contributed by atoms with Crippen molar-refractivity contribution in [2.24, 2.45) is 0 Å². The van der Waals surface area contributed by atoms with Crippen molar-refractivity contribution in [3.8, 4) is 11.5 Å². The number of benzene rings is 2. The third-order valence-electron chi connectivity index (χ3n) is 5.91. The summed E-state index contributed by atoms with van der Waals surface area (Å²) in [5.74, 6) is 1.02. The van der Waals surface area contributed by atoms with Crippen LogP contribution in [0.15, 0.2) is 36.4 Å². The van der Waals surface area contributed by atoms with Crippen molar-refractivity contribution < 1.29 is 27.2 Å². The summed E-state index contributed by atoms with van der Waals surface area (Å²) in [6.45, 7) is 1.77. The van der Waals surface area contributed by atoms with E-state index >= 15 is 0 Å². The number of nitrogens with zero attached hydrogens (tertiary/aromatic N) is 1. The molecule has 7 nitrogen and oxygen atoms in total. The van der Waals surface area contributed by atoms with Gasteiger partial charge in [-0.15, -0.1) is 0 Å². The van der Waals surface area contributed by atoms with Crippen molar-refractivity contribution in [2.45, 2.75) is 50.5 Å². The van der Waals surface area contributed by atoms with Gasteiger partial charge in [-0.05, 0) is 61.9 Å². The predicted molar refractivity (Wildman–Crippen MR) is 113 cm³/mol. The summed E-state index contributed by atoms with van der Waals surface area (Å²) in [7, 11) is -2.65. The number of rotatable bonds is 6. The van der Waals surface area contributed by atoms with E-state index in [0.717, 1.165) is 31.2 Å². The molecule has 1 fully saturated rings. The predicted octanol–water partition coefficient (Wildman–Crippen LogP) is 4.13. The maximum Gasteiger partial charge on any atom is 0.271 e. The number of carbonyl (C=O) groups excluding carboxylic acids is 1. The molecule has 1 aliphatic heterocycles. The first-order valence-corrected chi connectivity index (χ1v) is 11.5. The maximum absolute atomic E-state index is 13.1. The first-order chi connectivity index (χ1) is 14.3. The Kier molecular flexibility index (Phi) is 5.46. The molecule has 0 aromatic heterocycles. The lowest BCUT2D eigenvalue weighted by molar-refractivity contribution is 0.0996. The van der Waals surface area contributed by atoms with Crippen molar-refractivity contribution in [2.75, 3.05) is 12.0 Å². The molecule has 4 rings (SSSR count). The normalized spacial score (nSPS) is 17.8. The Bertz CT molecular complexity index is 1080. The molecule has 1 unspecified atom stereocenters. The van der Waals surface area contributed by atoms with Crippen LogP contribution in [0, 0.1) is 0 Å². The summed E-state index contributed by atoms with van der Waals surface area (Å²) in [6.07, 6.45) is 4.48.